The van der Waals surface area contributed by atoms with Gasteiger partial charge in [0.25, 0.3) is 11.8 Å². The number of rotatable bonds is 5. The first-order valence-electron chi connectivity index (χ1n) is 6.17. The number of carbonyl (C=O) groups is 2. The minimum absolute atomic E-state index is 0.308. The first-order valence-corrected chi connectivity index (χ1v) is 6.17. The summed E-state index contributed by atoms with van der Waals surface area (Å²) in [7, 11) is 0. The Bertz CT molecular complexity index is 600. The molecule has 108 valence electrons. The summed E-state index contributed by atoms with van der Waals surface area (Å²) in [6, 6.07) is 8.52. The lowest BCUT2D eigenvalue weighted by atomic mass is 10.2. The van der Waals surface area contributed by atoms with E-state index in [0.29, 0.717) is 11.3 Å². The molecule has 0 fully saturated rings. The van der Waals surface area contributed by atoms with Crippen LogP contribution in [0.4, 0.5) is 0 Å². The molecule has 0 saturated carbocycles. The fourth-order valence-corrected chi connectivity index (χ4v) is 1.29. The lowest BCUT2D eigenvalue weighted by Crippen LogP contribution is -2.43. The summed E-state index contributed by atoms with van der Waals surface area (Å²) in [4.78, 5) is 22.7. The highest BCUT2D eigenvalue weighted by Gasteiger charge is 2.06. The predicted molar refractivity (Wildman–Crippen MR) is 76.9 cm³/mol. The topological polar surface area (TPSA) is 91.2 Å². The summed E-state index contributed by atoms with van der Waals surface area (Å²) in [5.74, 6) is -0.677. The van der Waals surface area contributed by atoms with Crippen LogP contribution in [0.25, 0.3) is 0 Å². The van der Waals surface area contributed by atoms with Crippen molar-refractivity contribution in [1.29, 1.82) is 5.26 Å². The number of nitrogens with one attached hydrogen (secondary N) is 2. The second-order valence-corrected chi connectivity index (χ2v) is 3.82. The normalized spacial score (nSPS) is 10.3. The van der Waals surface area contributed by atoms with Crippen molar-refractivity contribution in [3.63, 3.8) is 0 Å². The highest BCUT2D eigenvalue weighted by Crippen LogP contribution is 2.15. The molecular formula is C15H15N3O3. The minimum atomic E-state index is -0.532. The van der Waals surface area contributed by atoms with Gasteiger partial charge in [-0.1, -0.05) is 30.4 Å². The van der Waals surface area contributed by atoms with E-state index in [4.69, 9.17) is 10.00 Å². The highest BCUT2D eigenvalue weighted by atomic mass is 16.5. The second kappa shape index (κ2) is 8.93. The van der Waals surface area contributed by atoms with E-state index in [2.05, 4.69) is 10.9 Å². The molecule has 2 amide bonds. The fraction of sp³-hybridized carbons (Fsp3) is 0.133. The Balaban J connectivity index is 2.38. The molecular weight excluding hydrogens is 270 g/mol. The van der Waals surface area contributed by atoms with E-state index >= 15 is 0 Å². The average Bonchev–Trinajstić information content (AvgIpc) is 2.51. The molecule has 0 aliphatic rings. The van der Waals surface area contributed by atoms with Crippen LogP contribution < -0.4 is 15.6 Å². The first kappa shape index (κ1) is 16.0. The zero-order valence-electron chi connectivity index (χ0n) is 11.5. The number of allylic oxidation sites excluding steroid dienone is 3. The van der Waals surface area contributed by atoms with Crippen LogP contribution in [0.15, 0.2) is 48.6 Å². The largest absolute Gasteiger partial charge is 0.482 e. The predicted octanol–water partition coefficient (Wildman–Crippen LogP) is 1.22. The molecule has 0 saturated heterocycles. The first-order chi connectivity index (χ1) is 10.2. The van der Waals surface area contributed by atoms with Crippen molar-refractivity contribution in [2.24, 2.45) is 0 Å². The Morgan fingerprint density at radius 3 is 2.76 bits per heavy atom. The van der Waals surface area contributed by atoms with Crippen molar-refractivity contribution in [3.05, 3.63) is 54.1 Å². The quantitative estimate of drug-likeness (QED) is 0.483. The maximum atomic E-state index is 11.5. The lowest BCUT2D eigenvalue weighted by Gasteiger charge is -2.08. The van der Waals surface area contributed by atoms with Gasteiger partial charge in [0.2, 0.25) is 0 Å². The Morgan fingerprint density at radius 2 is 2.05 bits per heavy atom. The van der Waals surface area contributed by atoms with Crippen LogP contribution in [-0.4, -0.2) is 18.4 Å². The molecule has 0 aliphatic heterocycles. The molecule has 0 aromatic heterocycles. The molecule has 6 nitrogen and oxygen atoms in total. The van der Waals surface area contributed by atoms with Crippen LogP contribution in [-0.2, 0) is 9.59 Å². The number of hydrazine groups is 1. The third-order valence-corrected chi connectivity index (χ3v) is 2.24. The van der Waals surface area contributed by atoms with Gasteiger partial charge in [0.15, 0.2) is 6.61 Å². The van der Waals surface area contributed by atoms with Crippen molar-refractivity contribution in [2.75, 3.05) is 6.61 Å². The molecule has 2 N–H and O–H groups in total. The van der Waals surface area contributed by atoms with Gasteiger partial charge in [-0.3, -0.25) is 20.4 Å². The number of hydrogen-bond donors (Lipinski definition) is 2. The van der Waals surface area contributed by atoms with E-state index in [1.807, 2.05) is 13.0 Å². The zero-order chi connectivity index (χ0) is 15.5. The van der Waals surface area contributed by atoms with Gasteiger partial charge in [-0.2, -0.15) is 5.26 Å². The van der Waals surface area contributed by atoms with E-state index < -0.39 is 11.8 Å². The smallest absolute Gasteiger partial charge is 0.276 e. The Kier molecular flexibility index (Phi) is 6.80. The van der Waals surface area contributed by atoms with Crippen molar-refractivity contribution < 1.29 is 14.3 Å². The molecule has 0 radical (unpaired) electrons. The SMILES string of the molecule is CC=CC=CC(=O)NNC(=O)COc1ccccc1C#N. The number of para-hydroxylation sites is 1. The Labute approximate surface area is 122 Å². The molecule has 6 heteroatoms. The summed E-state index contributed by atoms with van der Waals surface area (Å²) < 4.78 is 5.21. The number of nitriles is 1. The maximum absolute atomic E-state index is 11.5. The molecule has 0 atom stereocenters. The fourth-order valence-electron chi connectivity index (χ4n) is 1.29. The number of nitrogens with zero attached hydrogens (tertiary/aromatic N) is 1. The van der Waals surface area contributed by atoms with E-state index in [1.165, 1.54) is 6.08 Å². The van der Waals surface area contributed by atoms with E-state index in [1.54, 1.807) is 42.5 Å². The lowest BCUT2D eigenvalue weighted by molar-refractivity contribution is -0.128. The zero-order valence-corrected chi connectivity index (χ0v) is 11.5. The molecule has 0 bridgehead atoms. The van der Waals surface area contributed by atoms with Crippen LogP contribution in [0.5, 0.6) is 5.75 Å². The summed E-state index contributed by atoms with van der Waals surface area (Å²) in [5, 5.41) is 8.86. The molecule has 0 unspecified atom stereocenters. The summed E-state index contributed by atoms with van der Waals surface area (Å²) in [6.45, 7) is 1.51. The second-order valence-electron chi connectivity index (χ2n) is 3.82. The molecule has 0 heterocycles. The third-order valence-electron chi connectivity index (χ3n) is 2.24. The van der Waals surface area contributed by atoms with E-state index in [0.717, 1.165) is 0 Å². The molecule has 1 aromatic rings. The number of hydrogen-bond acceptors (Lipinski definition) is 4. The summed E-state index contributed by atoms with van der Waals surface area (Å²) in [6.07, 6.45) is 6.26. The Hall–Kier alpha value is -3.07. The standard InChI is InChI=1S/C15H15N3O3/c1-2-3-4-9-14(19)17-18-15(20)11-21-13-8-6-5-7-12(13)10-16/h2-9H,11H2,1H3,(H,17,19)(H,18,20). The highest BCUT2D eigenvalue weighted by molar-refractivity contribution is 5.90. The minimum Gasteiger partial charge on any atom is -0.482 e. The number of amides is 2. The summed E-state index contributed by atoms with van der Waals surface area (Å²) >= 11 is 0. The van der Waals surface area contributed by atoms with Gasteiger partial charge >= 0.3 is 0 Å². The van der Waals surface area contributed by atoms with Gasteiger partial charge in [0.1, 0.15) is 11.8 Å². The van der Waals surface area contributed by atoms with Crippen LogP contribution in [0.1, 0.15) is 12.5 Å². The van der Waals surface area contributed by atoms with Gasteiger partial charge in [-0.15, -0.1) is 0 Å². The molecule has 21 heavy (non-hydrogen) atoms. The van der Waals surface area contributed by atoms with Crippen LogP contribution in [0, 0.1) is 11.3 Å². The maximum Gasteiger partial charge on any atom is 0.276 e. The van der Waals surface area contributed by atoms with Crippen molar-refractivity contribution in [2.45, 2.75) is 6.92 Å². The monoisotopic (exact) mass is 285 g/mol. The van der Waals surface area contributed by atoms with Crippen LogP contribution >= 0.6 is 0 Å². The number of carbonyl (C=O) groups excluding carboxylic acids is 2. The third kappa shape index (κ3) is 6.07. The van der Waals surface area contributed by atoms with Gasteiger partial charge < -0.3 is 4.74 Å². The van der Waals surface area contributed by atoms with E-state index in [9.17, 15) is 9.59 Å². The van der Waals surface area contributed by atoms with Crippen molar-refractivity contribution in [1.82, 2.24) is 10.9 Å². The average molecular weight is 285 g/mol. The van der Waals surface area contributed by atoms with Gasteiger partial charge in [-0.25, -0.2) is 0 Å². The van der Waals surface area contributed by atoms with Crippen molar-refractivity contribution >= 4 is 11.8 Å². The molecule has 0 spiro atoms. The van der Waals surface area contributed by atoms with Gasteiger partial charge in [0, 0.05) is 6.08 Å². The van der Waals surface area contributed by atoms with Gasteiger partial charge in [-0.05, 0) is 19.1 Å². The van der Waals surface area contributed by atoms with Crippen LogP contribution in [0.2, 0.25) is 0 Å². The number of benzene rings is 1. The number of ether oxygens (including phenoxy) is 1. The van der Waals surface area contributed by atoms with Gasteiger partial charge in [0.05, 0.1) is 5.56 Å². The van der Waals surface area contributed by atoms with Crippen molar-refractivity contribution in [3.8, 4) is 11.8 Å². The Morgan fingerprint density at radius 1 is 1.29 bits per heavy atom. The molecule has 1 rings (SSSR count). The molecule has 1 aromatic carbocycles. The van der Waals surface area contributed by atoms with E-state index in [-0.39, 0.29) is 6.61 Å². The molecule has 0 aliphatic carbocycles. The summed E-state index contributed by atoms with van der Waals surface area (Å²) in [5.41, 5.74) is 4.73. The van der Waals surface area contributed by atoms with Crippen LogP contribution in [0.3, 0.4) is 0 Å².